The van der Waals surface area contributed by atoms with Gasteiger partial charge in [-0.1, -0.05) is 0 Å². The molecule has 3 aliphatic rings. The molecule has 1 N–H and O–H groups in total. The summed E-state index contributed by atoms with van der Waals surface area (Å²) in [6.07, 6.45) is 4.65. The number of halogens is 1. The largest absolute Gasteiger partial charge is 0.350 e. The molecule has 1 aromatic carbocycles. The molecule has 1 amide bonds. The molecule has 0 spiro atoms. The lowest BCUT2D eigenvalue weighted by Crippen LogP contribution is -2.52. The van der Waals surface area contributed by atoms with Gasteiger partial charge >= 0.3 is 0 Å². The molecular formula is C16H17FN2O. The van der Waals surface area contributed by atoms with Crippen LogP contribution in [0.1, 0.15) is 36.2 Å². The molecule has 0 unspecified atom stereocenters. The van der Waals surface area contributed by atoms with Crippen LogP contribution in [-0.2, 0) is 0 Å². The summed E-state index contributed by atoms with van der Waals surface area (Å²) >= 11 is 0. The fraction of sp³-hybridized carbons (Fsp3) is 0.438. The van der Waals surface area contributed by atoms with Crippen molar-refractivity contribution >= 4 is 16.8 Å². The number of hydrogen-bond donors (Lipinski definition) is 1. The Hall–Kier alpha value is -1.84. The van der Waals surface area contributed by atoms with Crippen molar-refractivity contribution in [2.75, 3.05) is 7.05 Å². The number of amides is 1. The minimum Gasteiger partial charge on any atom is -0.350 e. The maximum atomic E-state index is 13.2. The van der Waals surface area contributed by atoms with Gasteiger partial charge in [0.15, 0.2) is 0 Å². The van der Waals surface area contributed by atoms with E-state index < -0.39 is 0 Å². The Labute approximate surface area is 116 Å². The van der Waals surface area contributed by atoms with E-state index in [9.17, 15) is 9.18 Å². The fourth-order valence-corrected chi connectivity index (χ4v) is 3.95. The number of aromatic nitrogens is 1. The van der Waals surface area contributed by atoms with Gasteiger partial charge in [0.05, 0.1) is 0 Å². The van der Waals surface area contributed by atoms with Crippen LogP contribution in [-0.4, -0.2) is 28.4 Å². The molecule has 20 heavy (non-hydrogen) atoms. The lowest BCUT2D eigenvalue weighted by Gasteiger charge is -2.45. The van der Waals surface area contributed by atoms with Crippen molar-refractivity contribution in [2.45, 2.75) is 31.2 Å². The average Bonchev–Trinajstić information content (AvgIpc) is 3.08. The predicted molar refractivity (Wildman–Crippen MR) is 75.0 cm³/mol. The number of hydrogen-bond acceptors (Lipinski definition) is 1. The smallest absolute Gasteiger partial charge is 0.270 e. The Morgan fingerprint density at radius 2 is 2.20 bits per heavy atom. The third-order valence-corrected chi connectivity index (χ3v) is 5.19. The summed E-state index contributed by atoms with van der Waals surface area (Å²) in [6.45, 7) is 0. The summed E-state index contributed by atoms with van der Waals surface area (Å²) in [5, 5.41) is 0.874. The Balaban J connectivity index is 1.66. The van der Waals surface area contributed by atoms with Gasteiger partial charge in [-0.15, -0.1) is 0 Å². The Bertz CT molecular complexity index is 694. The van der Waals surface area contributed by atoms with Gasteiger partial charge in [0.25, 0.3) is 5.91 Å². The summed E-state index contributed by atoms with van der Waals surface area (Å²) in [5.74, 6) is 0.548. The van der Waals surface area contributed by atoms with Crippen LogP contribution in [0.15, 0.2) is 24.3 Å². The summed E-state index contributed by atoms with van der Waals surface area (Å²) in [5.41, 5.74) is 1.32. The van der Waals surface area contributed by atoms with Crippen LogP contribution in [0.25, 0.3) is 10.9 Å². The molecule has 2 bridgehead atoms. The van der Waals surface area contributed by atoms with Gasteiger partial charge in [-0.3, -0.25) is 4.79 Å². The first kappa shape index (κ1) is 11.9. The molecule has 5 rings (SSSR count). The van der Waals surface area contributed by atoms with E-state index in [0.29, 0.717) is 11.2 Å². The Morgan fingerprint density at radius 3 is 2.90 bits per heavy atom. The van der Waals surface area contributed by atoms with E-state index in [-0.39, 0.29) is 17.3 Å². The highest BCUT2D eigenvalue weighted by Crippen LogP contribution is 2.55. The van der Waals surface area contributed by atoms with Crippen molar-refractivity contribution in [2.24, 2.45) is 5.92 Å². The summed E-state index contributed by atoms with van der Waals surface area (Å²) in [4.78, 5) is 17.6. The molecule has 1 aromatic heterocycles. The number of fused-ring (bicyclic) bond motifs is 2. The van der Waals surface area contributed by atoms with E-state index in [0.717, 1.165) is 30.6 Å². The second-order valence-corrected chi connectivity index (χ2v) is 6.32. The number of nitrogens with one attached hydrogen (secondary N) is 1. The predicted octanol–water partition coefficient (Wildman–Crippen LogP) is 3.32. The van der Waals surface area contributed by atoms with Crippen molar-refractivity contribution in [1.29, 1.82) is 0 Å². The standard InChI is InChI=1S/C16H17FN2O/c1-19(16-5-4-10(8-16)9-16)15(20)14-6-11-2-3-12(17)7-13(11)18-14/h2-3,6-7,10,18H,4-5,8-9H2,1H3. The summed E-state index contributed by atoms with van der Waals surface area (Å²) in [6, 6.07) is 6.36. The molecule has 0 aliphatic heterocycles. The number of carbonyl (C=O) groups is 1. The maximum absolute atomic E-state index is 13.2. The highest BCUT2D eigenvalue weighted by molar-refractivity contribution is 5.98. The molecule has 3 aliphatic carbocycles. The second kappa shape index (κ2) is 3.84. The fourth-order valence-electron chi connectivity index (χ4n) is 3.95. The van der Waals surface area contributed by atoms with Crippen molar-refractivity contribution in [1.82, 2.24) is 9.88 Å². The zero-order valence-corrected chi connectivity index (χ0v) is 11.4. The highest BCUT2D eigenvalue weighted by atomic mass is 19.1. The molecule has 0 atom stereocenters. The van der Waals surface area contributed by atoms with Gasteiger partial charge < -0.3 is 9.88 Å². The summed E-state index contributed by atoms with van der Waals surface area (Å²) < 4.78 is 13.2. The van der Waals surface area contributed by atoms with Crippen LogP contribution >= 0.6 is 0 Å². The molecule has 3 fully saturated rings. The molecular weight excluding hydrogens is 255 g/mol. The van der Waals surface area contributed by atoms with E-state index in [1.54, 1.807) is 6.07 Å². The lowest BCUT2D eigenvalue weighted by atomic mass is 9.76. The average molecular weight is 272 g/mol. The van der Waals surface area contributed by atoms with Crippen molar-refractivity contribution < 1.29 is 9.18 Å². The van der Waals surface area contributed by atoms with Crippen LogP contribution in [0.3, 0.4) is 0 Å². The van der Waals surface area contributed by atoms with Gasteiger partial charge in [-0.25, -0.2) is 4.39 Å². The number of nitrogens with zero attached hydrogens (tertiary/aromatic N) is 1. The second-order valence-electron chi connectivity index (χ2n) is 6.32. The van der Waals surface area contributed by atoms with Gasteiger partial charge in [-0.05, 0) is 55.9 Å². The van der Waals surface area contributed by atoms with Gasteiger partial charge in [-0.2, -0.15) is 0 Å². The van der Waals surface area contributed by atoms with Crippen LogP contribution in [0.2, 0.25) is 0 Å². The first-order valence-electron chi connectivity index (χ1n) is 7.14. The minimum absolute atomic E-state index is 0.0157. The van der Waals surface area contributed by atoms with Gasteiger partial charge in [0, 0.05) is 23.5 Å². The molecule has 0 saturated heterocycles. The zero-order chi connectivity index (χ0) is 13.9. The van der Waals surface area contributed by atoms with Crippen molar-refractivity contribution in [3.63, 3.8) is 0 Å². The topological polar surface area (TPSA) is 36.1 Å². The van der Waals surface area contributed by atoms with Crippen LogP contribution in [0.5, 0.6) is 0 Å². The van der Waals surface area contributed by atoms with E-state index >= 15 is 0 Å². The van der Waals surface area contributed by atoms with E-state index in [1.165, 1.54) is 18.6 Å². The first-order valence-corrected chi connectivity index (χ1v) is 7.14. The summed E-state index contributed by atoms with van der Waals surface area (Å²) in [7, 11) is 1.90. The molecule has 104 valence electrons. The molecule has 4 heteroatoms. The Morgan fingerprint density at radius 1 is 1.40 bits per heavy atom. The normalized spacial score (nSPS) is 27.6. The van der Waals surface area contributed by atoms with Gasteiger partial charge in [0.2, 0.25) is 0 Å². The molecule has 3 saturated carbocycles. The number of H-pyrrole nitrogens is 1. The number of aromatic amines is 1. The number of benzene rings is 1. The van der Waals surface area contributed by atoms with Crippen molar-refractivity contribution in [3.05, 3.63) is 35.8 Å². The van der Waals surface area contributed by atoms with E-state index in [2.05, 4.69) is 4.98 Å². The maximum Gasteiger partial charge on any atom is 0.270 e. The van der Waals surface area contributed by atoms with Crippen LogP contribution in [0.4, 0.5) is 4.39 Å². The molecule has 2 aromatic rings. The van der Waals surface area contributed by atoms with Crippen molar-refractivity contribution in [3.8, 4) is 0 Å². The SMILES string of the molecule is CN(C(=O)c1cc2ccc(F)cc2[nH]1)C12CCC(C1)C2. The quantitative estimate of drug-likeness (QED) is 0.894. The molecule has 1 heterocycles. The number of carbonyl (C=O) groups excluding carboxylic acids is 1. The lowest BCUT2D eigenvalue weighted by molar-refractivity contribution is 0.0332. The molecule has 3 nitrogen and oxygen atoms in total. The third kappa shape index (κ3) is 1.54. The first-order chi connectivity index (χ1) is 9.57. The monoisotopic (exact) mass is 272 g/mol. The van der Waals surface area contributed by atoms with Crippen LogP contribution in [0, 0.1) is 11.7 Å². The van der Waals surface area contributed by atoms with E-state index in [4.69, 9.17) is 0 Å². The third-order valence-electron chi connectivity index (χ3n) is 5.19. The Kier molecular flexibility index (Phi) is 2.29. The van der Waals surface area contributed by atoms with Crippen LogP contribution < -0.4 is 0 Å². The number of rotatable bonds is 2. The molecule has 0 radical (unpaired) electrons. The highest BCUT2D eigenvalue weighted by Gasteiger charge is 2.54. The zero-order valence-electron chi connectivity index (χ0n) is 11.4. The minimum atomic E-state index is -0.289. The van der Waals surface area contributed by atoms with Gasteiger partial charge in [0.1, 0.15) is 11.5 Å². The van der Waals surface area contributed by atoms with E-state index in [1.807, 2.05) is 18.0 Å².